The highest BCUT2D eigenvalue weighted by Gasteiger charge is 2.22. The van der Waals surface area contributed by atoms with Gasteiger partial charge in [0.2, 0.25) is 5.91 Å². The minimum atomic E-state index is -0.378. The fraction of sp³-hybridized carbons (Fsp3) is 0.800. The molecule has 0 aliphatic heterocycles. The molecule has 0 aromatic carbocycles. The summed E-state index contributed by atoms with van der Waals surface area (Å²) in [5, 5.41) is 10.8. The normalized spacial score (nSPS) is 18.1. The molecule has 1 amide bonds. The van der Waals surface area contributed by atoms with E-state index >= 15 is 0 Å². The lowest BCUT2D eigenvalue weighted by atomic mass is 10.6. The van der Waals surface area contributed by atoms with Crippen LogP contribution in [-0.2, 0) is 4.79 Å². The van der Waals surface area contributed by atoms with E-state index in [2.05, 4.69) is 5.32 Å². The maximum atomic E-state index is 10.3. The number of hydrogen-bond acceptors (Lipinski definition) is 2. The average molecular weight is 115 g/mol. The topological polar surface area (TPSA) is 49.3 Å². The minimum absolute atomic E-state index is 0.257. The highest BCUT2D eigenvalue weighted by molar-refractivity contribution is 5.77. The Bertz CT molecular complexity index is 98.6. The Labute approximate surface area is 47.7 Å². The molecule has 1 fully saturated rings. The molecule has 0 unspecified atom stereocenters. The fourth-order valence-corrected chi connectivity index (χ4v) is 0.501. The average Bonchev–Trinajstić information content (AvgIpc) is 2.50. The van der Waals surface area contributed by atoms with Crippen molar-refractivity contribution in [3.63, 3.8) is 0 Å². The van der Waals surface area contributed by atoms with Crippen LogP contribution in [0.3, 0.4) is 0 Å². The van der Waals surface area contributed by atoms with Crippen molar-refractivity contribution < 1.29 is 9.90 Å². The van der Waals surface area contributed by atoms with Gasteiger partial charge < -0.3 is 10.4 Å². The molecule has 1 aliphatic carbocycles. The molecule has 46 valence electrons. The lowest BCUT2D eigenvalue weighted by Crippen LogP contribution is -2.27. The molecule has 0 spiro atoms. The number of rotatable bonds is 2. The van der Waals surface area contributed by atoms with E-state index in [1.54, 1.807) is 0 Å². The third-order valence-electron chi connectivity index (χ3n) is 1.09. The molecule has 0 aromatic heterocycles. The molecule has 0 aromatic rings. The number of aliphatic hydroxyl groups excluding tert-OH is 1. The number of aliphatic hydroxyl groups is 1. The standard InChI is InChI=1S/C5H9NO2/c7-3-5(8)6-4-1-2-4/h4,7H,1-3H2,(H,6,8). The predicted molar refractivity (Wildman–Crippen MR) is 28.3 cm³/mol. The molecular weight excluding hydrogens is 106 g/mol. The van der Waals surface area contributed by atoms with Crippen LogP contribution in [0.25, 0.3) is 0 Å². The van der Waals surface area contributed by atoms with Gasteiger partial charge in [-0.2, -0.15) is 0 Å². The van der Waals surface area contributed by atoms with Crippen molar-refractivity contribution in [2.75, 3.05) is 6.61 Å². The lowest BCUT2D eigenvalue weighted by molar-refractivity contribution is -0.123. The molecule has 8 heavy (non-hydrogen) atoms. The van der Waals surface area contributed by atoms with Gasteiger partial charge in [-0.15, -0.1) is 0 Å². The van der Waals surface area contributed by atoms with E-state index in [1.807, 2.05) is 0 Å². The second-order valence-corrected chi connectivity index (χ2v) is 2.00. The van der Waals surface area contributed by atoms with Gasteiger partial charge in [-0.05, 0) is 12.8 Å². The van der Waals surface area contributed by atoms with E-state index in [0.29, 0.717) is 6.04 Å². The Kier molecular flexibility index (Phi) is 1.48. The van der Waals surface area contributed by atoms with Crippen LogP contribution in [0.4, 0.5) is 0 Å². The SMILES string of the molecule is O=C(CO)NC1CC1. The molecule has 0 radical (unpaired) electrons. The summed E-state index contributed by atoms with van der Waals surface area (Å²) >= 11 is 0. The largest absolute Gasteiger partial charge is 0.387 e. The van der Waals surface area contributed by atoms with E-state index in [1.165, 1.54) is 0 Å². The fourth-order valence-electron chi connectivity index (χ4n) is 0.501. The lowest BCUT2D eigenvalue weighted by Gasteiger charge is -1.95. The first-order valence-corrected chi connectivity index (χ1v) is 2.73. The molecule has 0 saturated heterocycles. The van der Waals surface area contributed by atoms with E-state index in [-0.39, 0.29) is 12.5 Å². The number of carbonyl (C=O) groups is 1. The maximum absolute atomic E-state index is 10.3. The number of nitrogens with one attached hydrogen (secondary N) is 1. The minimum Gasteiger partial charge on any atom is -0.387 e. The van der Waals surface area contributed by atoms with Crippen molar-refractivity contribution in [2.24, 2.45) is 0 Å². The van der Waals surface area contributed by atoms with E-state index < -0.39 is 0 Å². The number of carbonyl (C=O) groups excluding carboxylic acids is 1. The zero-order chi connectivity index (χ0) is 5.98. The first kappa shape index (κ1) is 5.56. The predicted octanol–water partition coefficient (Wildman–Crippen LogP) is -0.743. The second-order valence-electron chi connectivity index (χ2n) is 2.00. The molecule has 0 bridgehead atoms. The van der Waals surface area contributed by atoms with E-state index in [4.69, 9.17) is 5.11 Å². The maximum Gasteiger partial charge on any atom is 0.245 e. The summed E-state index contributed by atoms with van der Waals surface area (Å²) < 4.78 is 0. The molecule has 1 saturated carbocycles. The highest BCUT2D eigenvalue weighted by Crippen LogP contribution is 2.17. The van der Waals surface area contributed by atoms with Gasteiger partial charge in [0.25, 0.3) is 0 Å². The van der Waals surface area contributed by atoms with Crippen molar-refractivity contribution in [3.05, 3.63) is 0 Å². The van der Waals surface area contributed by atoms with Crippen LogP contribution in [0, 0.1) is 0 Å². The molecule has 3 heteroatoms. The summed E-state index contributed by atoms with van der Waals surface area (Å²) in [7, 11) is 0. The van der Waals surface area contributed by atoms with Gasteiger partial charge in [0.1, 0.15) is 6.61 Å². The van der Waals surface area contributed by atoms with Gasteiger partial charge in [-0.25, -0.2) is 0 Å². The third-order valence-corrected chi connectivity index (χ3v) is 1.09. The van der Waals surface area contributed by atoms with Crippen molar-refractivity contribution in [2.45, 2.75) is 18.9 Å². The molecule has 2 N–H and O–H groups in total. The third kappa shape index (κ3) is 1.50. The zero-order valence-corrected chi connectivity index (χ0v) is 4.55. The molecule has 1 aliphatic rings. The summed E-state index contributed by atoms with van der Waals surface area (Å²) in [5.74, 6) is -0.257. The van der Waals surface area contributed by atoms with Gasteiger partial charge in [0.15, 0.2) is 0 Å². The van der Waals surface area contributed by atoms with Gasteiger partial charge in [-0.3, -0.25) is 4.79 Å². The Morgan fingerprint density at radius 2 is 2.38 bits per heavy atom. The van der Waals surface area contributed by atoms with Crippen LogP contribution >= 0.6 is 0 Å². The number of amides is 1. The van der Waals surface area contributed by atoms with Crippen LogP contribution < -0.4 is 5.32 Å². The zero-order valence-electron chi connectivity index (χ0n) is 4.55. The van der Waals surface area contributed by atoms with Crippen LogP contribution in [0.5, 0.6) is 0 Å². The Hall–Kier alpha value is -0.570. The molecule has 0 heterocycles. The first-order chi connectivity index (χ1) is 3.83. The molecule has 1 rings (SSSR count). The van der Waals surface area contributed by atoms with Crippen LogP contribution in [0.2, 0.25) is 0 Å². The van der Waals surface area contributed by atoms with Crippen molar-refractivity contribution >= 4 is 5.91 Å². The smallest absolute Gasteiger partial charge is 0.245 e. The monoisotopic (exact) mass is 115 g/mol. The molecular formula is C5H9NO2. The molecule has 0 atom stereocenters. The van der Waals surface area contributed by atoms with Gasteiger partial charge in [0, 0.05) is 6.04 Å². The van der Waals surface area contributed by atoms with Crippen LogP contribution in [0.1, 0.15) is 12.8 Å². The van der Waals surface area contributed by atoms with E-state index in [0.717, 1.165) is 12.8 Å². The van der Waals surface area contributed by atoms with Crippen molar-refractivity contribution in [1.82, 2.24) is 5.32 Å². The highest BCUT2D eigenvalue weighted by atomic mass is 16.3. The van der Waals surface area contributed by atoms with Crippen LogP contribution in [-0.4, -0.2) is 23.7 Å². The van der Waals surface area contributed by atoms with Gasteiger partial charge in [-0.1, -0.05) is 0 Å². The van der Waals surface area contributed by atoms with Gasteiger partial charge in [0.05, 0.1) is 0 Å². The summed E-state index contributed by atoms with van der Waals surface area (Å²) in [6.45, 7) is -0.378. The summed E-state index contributed by atoms with van der Waals surface area (Å²) in [6, 6.07) is 0.370. The second kappa shape index (κ2) is 2.13. The van der Waals surface area contributed by atoms with Crippen molar-refractivity contribution in [1.29, 1.82) is 0 Å². The van der Waals surface area contributed by atoms with Crippen molar-refractivity contribution in [3.8, 4) is 0 Å². The summed E-state index contributed by atoms with van der Waals surface area (Å²) in [4.78, 5) is 10.3. The quantitative estimate of drug-likeness (QED) is 0.498. The Balaban J connectivity index is 2.07. The van der Waals surface area contributed by atoms with Gasteiger partial charge >= 0.3 is 0 Å². The Morgan fingerprint density at radius 1 is 1.75 bits per heavy atom. The van der Waals surface area contributed by atoms with E-state index in [9.17, 15) is 4.79 Å². The summed E-state index contributed by atoms with van der Waals surface area (Å²) in [5.41, 5.74) is 0. The molecule has 3 nitrogen and oxygen atoms in total. The number of hydrogen-bond donors (Lipinski definition) is 2. The van der Waals surface area contributed by atoms with Crippen LogP contribution in [0.15, 0.2) is 0 Å². The summed E-state index contributed by atoms with van der Waals surface area (Å²) in [6.07, 6.45) is 2.15. The Morgan fingerprint density at radius 3 is 2.75 bits per heavy atom. The first-order valence-electron chi connectivity index (χ1n) is 2.73.